The van der Waals surface area contributed by atoms with E-state index in [1.807, 2.05) is 0 Å². The maximum atomic E-state index is 12.1. The predicted octanol–water partition coefficient (Wildman–Crippen LogP) is 1.35. The Morgan fingerprint density at radius 2 is 2.00 bits per heavy atom. The van der Waals surface area contributed by atoms with E-state index in [1.165, 1.54) is 12.8 Å². The smallest absolute Gasteiger partial charge is 0.224 e. The highest BCUT2D eigenvalue weighted by atomic mass is 16.1. The number of likely N-dealkylation sites (N-methyl/N-ethyl adjacent to an activating group) is 1. The molecule has 106 valence electrons. The maximum absolute atomic E-state index is 12.1. The number of amides is 1. The van der Waals surface area contributed by atoms with Gasteiger partial charge in [-0.3, -0.25) is 4.79 Å². The Kier molecular flexibility index (Phi) is 6.65. The van der Waals surface area contributed by atoms with Crippen molar-refractivity contribution in [3.63, 3.8) is 0 Å². The van der Waals surface area contributed by atoms with Gasteiger partial charge >= 0.3 is 0 Å². The van der Waals surface area contributed by atoms with Gasteiger partial charge < -0.3 is 16.0 Å². The van der Waals surface area contributed by atoms with Crippen LogP contribution in [0.5, 0.6) is 0 Å². The molecule has 0 aromatic carbocycles. The Bertz CT molecular complexity index is 255. The van der Waals surface area contributed by atoms with Crippen molar-refractivity contribution in [3.8, 4) is 0 Å². The number of carbonyl (C=O) groups excluding carboxylic acids is 1. The largest absolute Gasteiger partial charge is 0.355 e. The van der Waals surface area contributed by atoms with E-state index in [1.54, 1.807) is 0 Å². The summed E-state index contributed by atoms with van der Waals surface area (Å²) in [5.41, 5.74) is 6.09. The molecule has 0 saturated heterocycles. The normalized spacial score (nSPS) is 25.2. The Balaban J connectivity index is 2.30. The molecule has 0 bridgehead atoms. The highest BCUT2D eigenvalue weighted by Gasteiger charge is 2.26. The fourth-order valence-electron chi connectivity index (χ4n) is 2.41. The first-order valence-corrected chi connectivity index (χ1v) is 7.26. The van der Waals surface area contributed by atoms with E-state index in [0.29, 0.717) is 6.04 Å². The summed E-state index contributed by atoms with van der Waals surface area (Å²) in [5, 5.41) is 3.04. The zero-order chi connectivity index (χ0) is 13.5. The molecule has 0 spiro atoms. The lowest BCUT2D eigenvalue weighted by atomic mass is 9.94. The zero-order valence-corrected chi connectivity index (χ0v) is 12.1. The van der Waals surface area contributed by atoms with Crippen LogP contribution in [0.1, 0.15) is 46.0 Å². The minimum atomic E-state index is 0.0249. The molecular formula is C14H29N3O. The molecule has 1 amide bonds. The Hall–Kier alpha value is -0.610. The average Bonchev–Trinajstić information content (AvgIpc) is 2.53. The van der Waals surface area contributed by atoms with Crippen molar-refractivity contribution in [2.75, 3.05) is 20.1 Å². The van der Waals surface area contributed by atoms with Crippen molar-refractivity contribution < 1.29 is 4.79 Å². The molecule has 1 saturated carbocycles. The first-order chi connectivity index (χ1) is 8.52. The summed E-state index contributed by atoms with van der Waals surface area (Å²) >= 11 is 0. The number of nitrogens with two attached hydrogens (primary N) is 1. The van der Waals surface area contributed by atoms with Crippen molar-refractivity contribution in [1.82, 2.24) is 10.2 Å². The van der Waals surface area contributed by atoms with Crippen molar-refractivity contribution in [2.45, 2.75) is 58.0 Å². The molecule has 0 aromatic heterocycles. The molecule has 0 heterocycles. The van der Waals surface area contributed by atoms with Crippen LogP contribution in [0.15, 0.2) is 0 Å². The Labute approximate surface area is 111 Å². The monoisotopic (exact) mass is 255 g/mol. The summed E-state index contributed by atoms with van der Waals surface area (Å²) in [7, 11) is 2.08. The molecule has 0 radical (unpaired) electrons. The second-order valence-corrected chi connectivity index (χ2v) is 5.77. The van der Waals surface area contributed by atoms with Gasteiger partial charge in [0.25, 0.3) is 0 Å². The van der Waals surface area contributed by atoms with Gasteiger partial charge in [0.2, 0.25) is 5.91 Å². The van der Waals surface area contributed by atoms with Crippen LogP contribution in [0.25, 0.3) is 0 Å². The van der Waals surface area contributed by atoms with E-state index < -0.39 is 0 Å². The average molecular weight is 255 g/mol. The molecule has 0 aromatic rings. The van der Waals surface area contributed by atoms with Gasteiger partial charge in [0.1, 0.15) is 0 Å². The molecule has 3 N–H and O–H groups in total. The van der Waals surface area contributed by atoms with Gasteiger partial charge in [-0.15, -0.1) is 0 Å². The van der Waals surface area contributed by atoms with Crippen LogP contribution in [-0.4, -0.2) is 43.0 Å². The number of hydrogen-bond acceptors (Lipinski definition) is 3. The molecular weight excluding hydrogens is 226 g/mol. The number of hydrogen-bond donors (Lipinski definition) is 2. The van der Waals surface area contributed by atoms with Crippen LogP contribution in [0.4, 0.5) is 0 Å². The SMILES string of the molecule is CC(C)N(C)CCNC(=O)C1CCCCCC1N. The first kappa shape index (κ1) is 15.4. The van der Waals surface area contributed by atoms with E-state index in [2.05, 4.69) is 31.1 Å². The second kappa shape index (κ2) is 7.74. The number of nitrogens with one attached hydrogen (secondary N) is 1. The fraction of sp³-hybridized carbons (Fsp3) is 0.929. The van der Waals surface area contributed by atoms with E-state index in [4.69, 9.17) is 5.73 Å². The Morgan fingerprint density at radius 3 is 2.67 bits per heavy atom. The van der Waals surface area contributed by atoms with Crippen LogP contribution in [0.3, 0.4) is 0 Å². The molecule has 1 aliphatic carbocycles. The maximum Gasteiger partial charge on any atom is 0.224 e. The first-order valence-electron chi connectivity index (χ1n) is 7.26. The minimum absolute atomic E-state index is 0.0249. The Morgan fingerprint density at radius 1 is 1.33 bits per heavy atom. The summed E-state index contributed by atoms with van der Waals surface area (Å²) in [4.78, 5) is 14.3. The van der Waals surface area contributed by atoms with E-state index in [-0.39, 0.29) is 17.9 Å². The molecule has 1 aliphatic rings. The summed E-state index contributed by atoms with van der Waals surface area (Å²) in [5.74, 6) is 0.179. The number of carbonyl (C=O) groups is 1. The number of nitrogens with zero attached hydrogens (tertiary/aromatic N) is 1. The van der Waals surface area contributed by atoms with Gasteiger partial charge in [-0.25, -0.2) is 0 Å². The van der Waals surface area contributed by atoms with Gasteiger partial charge in [0.15, 0.2) is 0 Å². The third-order valence-corrected chi connectivity index (χ3v) is 4.05. The van der Waals surface area contributed by atoms with Crippen molar-refractivity contribution >= 4 is 5.91 Å². The quantitative estimate of drug-likeness (QED) is 0.729. The van der Waals surface area contributed by atoms with Gasteiger partial charge in [-0.1, -0.05) is 19.3 Å². The third kappa shape index (κ3) is 4.94. The lowest BCUT2D eigenvalue weighted by Gasteiger charge is -2.23. The van der Waals surface area contributed by atoms with Crippen LogP contribution in [0, 0.1) is 5.92 Å². The fourth-order valence-corrected chi connectivity index (χ4v) is 2.41. The van der Waals surface area contributed by atoms with Gasteiger partial charge in [-0.05, 0) is 33.7 Å². The van der Waals surface area contributed by atoms with Crippen LogP contribution >= 0.6 is 0 Å². The minimum Gasteiger partial charge on any atom is -0.355 e. The molecule has 2 unspecified atom stereocenters. The van der Waals surface area contributed by atoms with Crippen LogP contribution in [-0.2, 0) is 4.79 Å². The topological polar surface area (TPSA) is 58.4 Å². The predicted molar refractivity (Wildman–Crippen MR) is 75.3 cm³/mol. The summed E-state index contributed by atoms with van der Waals surface area (Å²) in [6.45, 7) is 5.92. The van der Waals surface area contributed by atoms with Crippen molar-refractivity contribution in [3.05, 3.63) is 0 Å². The zero-order valence-electron chi connectivity index (χ0n) is 12.1. The van der Waals surface area contributed by atoms with Gasteiger partial charge in [0, 0.05) is 25.2 Å². The van der Waals surface area contributed by atoms with Crippen LogP contribution in [0.2, 0.25) is 0 Å². The highest BCUT2D eigenvalue weighted by molar-refractivity contribution is 5.79. The molecule has 4 heteroatoms. The molecule has 1 fully saturated rings. The standard InChI is InChI=1S/C14H29N3O/c1-11(2)17(3)10-9-16-14(18)12-7-5-4-6-8-13(12)15/h11-13H,4-10,15H2,1-3H3,(H,16,18). The van der Waals surface area contributed by atoms with Crippen LogP contribution < -0.4 is 11.1 Å². The van der Waals surface area contributed by atoms with Gasteiger partial charge in [0.05, 0.1) is 5.92 Å². The summed E-state index contributed by atoms with van der Waals surface area (Å²) < 4.78 is 0. The molecule has 1 rings (SSSR count). The van der Waals surface area contributed by atoms with E-state index >= 15 is 0 Å². The molecule has 2 atom stereocenters. The van der Waals surface area contributed by atoms with E-state index in [0.717, 1.165) is 32.4 Å². The molecule has 0 aliphatic heterocycles. The second-order valence-electron chi connectivity index (χ2n) is 5.77. The highest BCUT2D eigenvalue weighted by Crippen LogP contribution is 2.22. The van der Waals surface area contributed by atoms with Gasteiger partial charge in [-0.2, -0.15) is 0 Å². The lowest BCUT2D eigenvalue weighted by Crippen LogP contribution is -2.44. The summed E-state index contributed by atoms with van der Waals surface area (Å²) in [6, 6.07) is 0.567. The molecule has 18 heavy (non-hydrogen) atoms. The van der Waals surface area contributed by atoms with Crippen molar-refractivity contribution in [1.29, 1.82) is 0 Å². The molecule has 4 nitrogen and oxygen atoms in total. The third-order valence-electron chi connectivity index (χ3n) is 4.05. The summed E-state index contributed by atoms with van der Waals surface area (Å²) in [6.07, 6.45) is 5.46. The van der Waals surface area contributed by atoms with E-state index in [9.17, 15) is 4.79 Å². The lowest BCUT2D eigenvalue weighted by molar-refractivity contribution is -0.125. The van der Waals surface area contributed by atoms with Crippen molar-refractivity contribution in [2.24, 2.45) is 11.7 Å². The number of rotatable bonds is 5.